The Kier molecular flexibility index (Phi) is 4.53. The SMILES string of the molecule is C[C@@H](Cc1cccs1)NC(=O)[C@H]1COCCO1. The van der Waals surface area contributed by atoms with Crippen molar-refractivity contribution >= 4 is 17.2 Å². The Hall–Kier alpha value is -0.910. The van der Waals surface area contributed by atoms with Gasteiger partial charge in [0.1, 0.15) is 0 Å². The number of amides is 1. The second-order valence-electron chi connectivity index (χ2n) is 4.13. The summed E-state index contributed by atoms with van der Waals surface area (Å²) in [6, 6.07) is 4.21. The zero-order valence-electron chi connectivity index (χ0n) is 9.85. The quantitative estimate of drug-likeness (QED) is 0.879. The molecule has 1 saturated heterocycles. The second kappa shape index (κ2) is 6.14. The highest BCUT2D eigenvalue weighted by Crippen LogP contribution is 2.11. The molecule has 1 aliphatic heterocycles. The van der Waals surface area contributed by atoms with E-state index in [2.05, 4.69) is 11.4 Å². The maximum Gasteiger partial charge on any atom is 0.251 e. The van der Waals surface area contributed by atoms with Crippen LogP contribution in [0.15, 0.2) is 17.5 Å². The van der Waals surface area contributed by atoms with Gasteiger partial charge in [0.15, 0.2) is 6.10 Å². The van der Waals surface area contributed by atoms with Crippen LogP contribution < -0.4 is 5.32 Å². The van der Waals surface area contributed by atoms with E-state index >= 15 is 0 Å². The summed E-state index contributed by atoms with van der Waals surface area (Å²) in [5.41, 5.74) is 0. The Morgan fingerprint density at radius 2 is 2.53 bits per heavy atom. The number of thiophene rings is 1. The van der Waals surface area contributed by atoms with Crippen molar-refractivity contribution in [3.8, 4) is 0 Å². The molecule has 0 aromatic carbocycles. The van der Waals surface area contributed by atoms with Crippen LogP contribution in [0.3, 0.4) is 0 Å². The van der Waals surface area contributed by atoms with Gasteiger partial charge in [-0.2, -0.15) is 0 Å². The Morgan fingerprint density at radius 3 is 3.18 bits per heavy atom. The Morgan fingerprint density at radius 1 is 1.65 bits per heavy atom. The lowest BCUT2D eigenvalue weighted by atomic mass is 10.2. The molecule has 1 aromatic heterocycles. The van der Waals surface area contributed by atoms with Crippen LogP contribution >= 0.6 is 11.3 Å². The molecular formula is C12H17NO3S. The molecule has 1 fully saturated rings. The van der Waals surface area contributed by atoms with Gasteiger partial charge in [0, 0.05) is 17.3 Å². The van der Waals surface area contributed by atoms with Gasteiger partial charge in [-0.05, 0) is 18.4 Å². The number of ether oxygens (including phenoxy) is 2. The molecule has 94 valence electrons. The summed E-state index contributed by atoms with van der Waals surface area (Å²) >= 11 is 1.71. The fourth-order valence-electron chi connectivity index (χ4n) is 1.76. The minimum absolute atomic E-state index is 0.0752. The van der Waals surface area contributed by atoms with E-state index in [0.29, 0.717) is 19.8 Å². The predicted octanol–water partition coefficient (Wildman–Crippen LogP) is 1.21. The molecule has 1 aliphatic rings. The molecule has 0 spiro atoms. The molecule has 5 heteroatoms. The lowest BCUT2D eigenvalue weighted by molar-refractivity contribution is -0.148. The summed E-state index contributed by atoms with van der Waals surface area (Å²) in [6.45, 7) is 3.44. The smallest absolute Gasteiger partial charge is 0.251 e. The molecular weight excluding hydrogens is 238 g/mol. The van der Waals surface area contributed by atoms with Gasteiger partial charge >= 0.3 is 0 Å². The summed E-state index contributed by atoms with van der Waals surface area (Å²) in [6.07, 6.45) is 0.409. The first-order chi connectivity index (χ1) is 8.25. The van der Waals surface area contributed by atoms with E-state index in [1.165, 1.54) is 4.88 Å². The number of nitrogens with one attached hydrogen (secondary N) is 1. The van der Waals surface area contributed by atoms with Gasteiger partial charge in [0.05, 0.1) is 19.8 Å². The first kappa shape index (κ1) is 12.5. The molecule has 0 saturated carbocycles. The first-order valence-electron chi connectivity index (χ1n) is 5.78. The topological polar surface area (TPSA) is 47.6 Å². The van der Waals surface area contributed by atoms with Crippen LogP contribution in [0.5, 0.6) is 0 Å². The number of carbonyl (C=O) groups excluding carboxylic acids is 1. The van der Waals surface area contributed by atoms with E-state index in [9.17, 15) is 4.79 Å². The van der Waals surface area contributed by atoms with Crippen molar-refractivity contribution in [1.29, 1.82) is 0 Å². The summed E-state index contributed by atoms with van der Waals surface area (Å²) in [4.78, 5) is 13.1. The van der Waals surface area contributed by atoms with E-state index in [0.717, 1.165) is 6.42 Å². The van der Waals surface area contributed by atoms with Crippen LogP contribution in [-0.4, -0.2) is 37.9 Å². The van der Waals surface area contributed by atoms with Crippen LogP contribution in [0.4, 0.5) is 0 Å². The zero-order chi connectivity index (χ0) is 12.1. The molecule has 17 heavy (non-hydrogen) atoms. The molecule has 1 N–H and O–H groups in total. The summed E-state index contributed by atoms with van der Waals surface area (Å²) < 4.78 is 10.5. The lowest BCUT2D eigenvalue weighted by Gasteiger charge is -2.23. The van der Waals surface area contributed by atoms with E-state index in [1.807, 2.05) is 18.4 Å². The normalized spacial score (nSPS) is 22.1. The van der Waals surface area contributed by atoms with E-state index in [-0.39, 0.29) is 11.9 Å². The van der Waals surface area contributed by atoms with Gasteiger partial charge in [-0.15, -0.1) is 11.3 Å². The van der Waals surface area contributed by atoms with Crippen LogP contribution in [0.25, 0.3) is 0 Å². The van der Waals surface area contributed by atoms with Crippen molar-refractivity contribution in [2.75, 3.05) is 19.8 Å². The average molecular weight is 255 g/mol. The van der Waals surface area contributed by atoms with Crippen molar-refractivity contribution in [2.45, 2.75) is 25.5 Å². The third-order valence-electron chi connectivity index (χ3n) is 2.58. The fraction of sp³-hybridized carbons (Fsp3) is 0.583. The Bertz CT molecular complexity index is 347. The molecule has 0 aliphatic carbocycles. The average Bonchev–Trinajstić information content (AvgIpc) is 2.82. The van der Waals surface area contributed by atoms with E-state index in [4.69, 9.17) is 9.47 Å². The monoisotopic (exact) mass is 255 g/mol. The molecule has 4 nitrogen and oxygen atoms in total. The minimum Gasteiger partial charge on any atom is -0.376 e. The maximum absolute atomic E-state index is 11.8. The molecule has 0 unspecified atom stereocenters. The highest BCUT2D eigenvalue weighted by Gasteiger charge is 2.23. The number of rotatable bonds is 4. The van der Waals surface area contributed by atoms with Gasteiger partial charge in [0.2, 0.25) is 0 Å². The van der Waals surface area contributed by atoms with Crippen molar-refractivity contribution in [2.24, 2.45) is 0 Å². The highest BCUT2D eigenvalue weighted by atomic mass is 32.1. The maximum atomic E-state index is 11.8. The third kappa shape index (κ3) is 3.80. The van der Waals surface area contributed by atoms with Crippen molar-refractivity contribution in [3.05, 3.63) is 22.4 Å². The molecule has 1 amide bonds. The van der Waals surface area contributed by atoms with Crippen LogP contribution in [0.2, 0.25) is 0 Å². The van der Waals surface area contributed by atoms with Crippen molar-refractivity contribution in [1.82, 2.24) is 5.32 Å². The van der Waals surface area contributed by atoms with E-state index in [1.54, 1.807) is 11.3 Å². The fourth-order valence-corrected chi connectivity index (χ4v) is 2.59. The number of hydrogen-bond donors (Lipinski definition) is 1. The lowest BCUT2D eigenvalue weighted by Crippen LogP contribution is -2.46. The number of carbonyl (C=O) groups is 1. The third-order valence-corrected chi connectivity index (χ3v) is 3.48. The Labute approximate surface area is 105 Å². The molecule has 2 rings (SSSR count). The summed E-state index contributed by atoms with van der Waals surface area (Å²) in [7, 11) is 0. The van der Waals surface area contributed by atoms with Crippen LogP contribution in [0.1, 0.15) is 11.8 Å². The molecule has 0 bridgehead atoms. The summed E-state index contributed by atoms with van der Waals surface area (Å²) in [5, 5.41) is 4.99. The summed E-state index contributed by atoms with van der Waals surface area (Å²) in [5.74, 6) is -0.0752. The number of hydrogen-bond acceptors (Lipinski definition) is 4. The molecule has 2 heterocycles. The van der Waals surface area contributed by atoms with E-state index < -0.39 is 6.10 Å². The van der Waals surface area contributed by atoms with Crippen LogP contribution in [-0.2, 0) is 20.7 Å². The first-order valence-corrected chi connectivity index (χ1v) is 6.66. The second-order valence-corrected chi connectivity index (χ2v) is 5.16. The highest BCUT2D eigenvalue weighted by molar-refractivity contribution is 7.09. The molecule has 0 radical (unpaired) electrons. The van der Waals surface area contributed by atoms with Gasteiger partial charge in [0.25, 0.3) is 5.91 Å². The van der Waals surface area contributed by atoms with Gasteiger partial charge in [-0.3, -0.25) is 4.79 Å². The molecule has 1 aromatic rings. The van der Waals surface area contributed by atoms with Gasteiger partial charge in [-0.25, -0.2) is 0 Å². The Balaban J connectivity index is 1.77. The van der Waals surface area contributed by atoms with Crippen molar-refractivity contribution in [3.63, 3.8) is 0 Å². The standard InChI is InChI=1S/C12H17NO3S/c1-9(7-10-3-2-6-17-10)13-12(14)11-8-15-4-5-16-11/h2-3,6,9,11H,4-5,7-8H2,1H3,(H,13,14)/t9-,11+/m0/s1. The zero-order valence-corrected chi connectivity index (χ0v) is 10.7. The van der Waals surface area contributed by atoms with Crippen LogP contribution in [0, 0.1) is 0 Å². The molecule has 2 atom stereocenters. The van der Waals surface area contributed by atoms with Crippen molar-refractivity contribution < 1.29 is 14.3 Å². The van der Waals surface area contributed by atoms with Gasteiger partial charge in [-0.1, -0.05) is 6.07 Å². The predicted molar refractivity (Wildman–Crippen MR) is 66.2 cm³/mol. The van der Waals surface area contributed by atoms with Gasteiger partial charge < -0.3 is 14.8 Å². The largest absolute Gasteiger partial charge is 0.376 e. The minimum atomic E-state index is -0.450.